The fourth-order valence-corrected chi connectivity index (χ4v) is 2.89. The van der Waals surface area contributed by atoms with E-state index >= 15 is 0 Å². The van der Waals surface area contributed by atoms with Gasteiger partial charge in [-0.3, -0.25) is 0 Å². The largest absolute Gasteiger partial charge is 0.0917 e. The lowest BCUT2D eigenvalue weighted by Gasteiger charge is -2.18. The number of hydrogen-bond acceptors (Lipinski definition) is 0. The number of fused-ring (bicyclic) bond motifs is 1. The highest BCUT2D eigenvalue weighted by molar-refractivity contribution is 5.62. The van der Waals surface area contributed by atoms with E-state index in [0.717, 1.165) is 19.3 Å². The van der Waals surface area contributed by atoms with Crippen LogP contribution in [0.2, 0.25) is 0 Å². The predicted molar refractivity (Wildman–Crippen MR) is 94.6 cm³/mol. The van der Waals surface area contributed by atoms with Gasteiger partial charge in [0.2, 0.25) is 0 Å². The van der Waals surface area contributed by atoms with Crippen LogP contribution in [-0.4, -0.2) is 0 Å². The molecule has 0 heteroatoms. The molecule has 0 fully saturated rings. The van der Waals surface area contributed by atoms with E-state index in [4.69, 9.17) is 0 Å². The number of allylic oxidation sites excluding steroid dienone is 7. The maximum atomic E-state index is 2.34. The Hall–Kier alpha value is -1.82. The van der Waals surface area contributed by atoms with Gasteiger partial charge in [-0.25, -0.2) is 0 Å². The molecule has 1 aromatic carbocycles. The van der Waals surface area contributed by atoms with Crippen molar-refractivity contribution in [3.8, 4) is 0 Å². The van der Waals surface area contributed by atoms with E-state index in [1.54, 1.807) is 5.56 Å². The average Bonchev–Trinajstić information content (AvgIpc) is 2.53. The van der Waals surface area contributed by atoms with Crippen molar-refractivity contribution in [3.05, 3.63) is 76.9 Å². The molecule has 0 heterocycles. The van der Waals surface area contributed by atoms with Crippen molar-refractivity contribution in [2.24, 2.45) is 0 Å². The Morgan fingerprint density at radius 1 is 1.05 bits per heavy atom. The van der Waals surface area contributed by atoms with Crippen LogP contribution in [0.25, 0.3) is 6.08 Å². The molecule has 110 valence electrons. The van der Waals surface area contributed by atoms with Crippen molar-refractivity contribution >= 4 is 6.08 Å². The Kier molecular flexibility index (Phi) is 6.27. The minimum Gasteiger partial charge on any atom is -0.0917 e. The fourth-order valence-electron chi connectivity index (χ4n) is 2.89. The summed E-state index contributed by atoms with van der Waals surface area (Å²) in [6.07, 6.45) is 23.3. The molecule has 0 unspecified atom stereocenters. The van der Waals surface area contributed by atoms with Gasteiger partial charge in [0.05, 0.1) is 0 Å². The summed E-state index contributed by atoms with van der Waals surface area (Å²) in [6, 6.07) is 4.67. The van der Waals surface area contributed by atoms with Gasteiger partial charge >= 0.3 is 0 Å². The molecule has 0 atom stereocenters. The van der Waals surface area contributed by atoms with E-state index in [-0.39, 0.29) is 0 Å². The van der Waals surface area contributed by atoms with E-state index in [9.17, 15) is 0 Å². The van der Waals surface area contributed by atoms with Gasteiger partial charge in [-0.1, -0.05) is 60.7 Å². The van der Waals surface area contributed by atoms with Gasteiger partial charge in [0.25, 0.3) is 0 Å². The average molecular weight is 278 g/mol. The first kappa shape index (κ1) is 15.6. The smallest absolute Gasteiger partial charge is 0.00914 e. The van der Waals surface area contributed by atoms with Crippen LogP contribution < -0.4 is 0 Å². The zero-order valence-electron chi connectivity index (χ0n) is 13.3. The number of rotatable bonds is 6. The second-order valence-corrected chi connectivity index (χ2v) is 5.48. The summed E-state index contributed by atoms with van der Waals surface area (Å²) < 4.78 is 0. The molecule has 0 radical (unpaired) electrons. The van der Waals surface area contributed by atoms with Gasteiger partial charge < -0.3 is 0 Å². The van der Waals surface area contributed by atoms with Crippen molar-refractivity contribution in [2.45, 2.75) is 46.0 Å². The minimum absolute atomic E-state index is 1.02. The fraction of sp³-hybridized carbons (Fsp3) is 0.333. The highest BCUT2D eigenvalue weighted by Gasteiger charge is 2.12. The van der Waals surface area contributed by atoms with Crippen molar-refractivity contribution < 1.29 is 0 Å². The first-order chi connectivity index (χ1) is 10.4. The Morgan fingerprint density at radius 3 is 2.76 bits per heavy atom. The normalized spacial score (nSPS) is 14.6. The lowest BCUT2D eigenvalue weighted by atomic mass is 9.87. The highest BCUT2D eigenvalue weighted by Crippen LogP contribution is 2.27. The van der Waals surface area contributed by atoms with Crippen LogP contribution in [0.5, 0.6) is 0 Å². The summed E-state index contributed by atoms with van der Waals surface area (Å²) in [7, 11) is 0. The summed E-state index contributed by atoms with van der Waals surface area (Å²) in [4.78, 5) is 0. The molecule has 0 saturated heterocycles. The molecule has 0 N–H and O–H groups in total. The molecule has 21 heavy (non-hydrogen) atoms. The van der Waals surface area contributed by atoms with E-state index in [2.05, 4.69) is 74.6 Å². The molecular formula is C21H26. The van der Waals surface area contributed by atoms with Crippen LogP contribution in [0.1, 0.15) is 48.9 Å². The second kappa shape index (κ2) is 8.46. The SMILES string of the molecule is C/C=C\CCc1c(C/C=C/C=C/C)ccc2c1C=CCC2. The zero-order chi connectivity index (χ0) is 14.9. The minimum atomic E-state index is 1.02. The van der Waals surface area contributed by atoms with Gasteiger partial charge in [0.1, 0.15) is 0 Å². The Bertz CT molecular complexity index is 568. The van der Waals surface area contributed by atoms with Crippen molar-refractivity contribution in [2.75, 3.05) is 0 Å². The monoisotopic (exact) mass is 278 g/mol. The summed E-state index contributed by atoms with van der Waals surface area (Å²) in [5.41, 5.74) is 6.04. The molecule has 0 bridgehead atoms. The standard InChI is InChI=1S/C21H26/c1-3-5-7-9-12-18-16-17-19-13-10-11-15-21(19)20(18)14-8-6-4-2/h3-7,9,11,15-17H,8,10,12-14H2,1-2H3/b5-3+,6-4-,9-7+. The van der Waals surface area contributed by atoms with Gasteiger partial charge in [-0.15, -0.1) is 0 Å². The van der Waals surface area contributed by atoms with Crippen LogP contribution in [0.4, 0.5) is 0 Å². The third kappa shape index (κ3) is 4.32. The van der Waals surface area contributed by atoms with Crippen LogP contribution in [-0.2, 0) is 19.3 Å². The summed E-state index contributed by atoms with van der Waals surface area (Å²) in [6.45, 7) is 4.15. The predicted octanol–water partition coefficient (Wildman–Crippen LogP) is 5.83. The third-order valence-corrected chi connectivity index (χ3v) is 3.98. The maximum Gasteiger partial charge on any atom is -0.00914 e. The Morgan fingerprint density at radius 2 is 1.95 bits per heavy atom. The molecule has 1 aliphatic rings. The molecule has 0 amide bonds. The van der Waals surface area contributed by atoms with E-state index < -0.39 is 0 Å². The van der Waals surface area contributed by atoms with Gasteiger partial charge in [0, 0.05) is 0 Å². The molecule has 0 nitrogen and oxygen atoms in total. The lowest BCUT2D eigenvalue weighted by molar-refractivity contribution is 0.930. The molecular weight excluding hydrogens is 252 g/mol. The van der Waals surface area contributed by atoms with Crippen LogP contribution in [0.3, 0.4) is 0 Å². The molecule has 0 aromatic heterocycles. The second-order valence-electron chi connectivity index (χ2n) is 5.48. The first-order valence-electron chi connectivity index (χ1n) is 8.06. The molecule has 0 aliphatic heterocycles. The quantitative estimate of drug-likeness (QED) is 0.453. The molecule has 1 aromatic rings. The van der Waals surface area contributed by atoms with Crippen LogP contribution in [0.15, 0.2) is 54.7 Å². The van der Waals surface area contributed by atoms with Crippen molar-refractivity contribution in [3.63, 3.8) is 0 Å². The number of aryl methyl sites for hydroxylation is 1. The van der Waals surface area contributed by atoms with E-state index in [1.807, 2.05) is 0 Å². The summed E-state index contributed by atoms with van der Waals surface area (Å²) in [5.74, 6) is 0. The molecule has 1 aliphatic carbocycles. The van der Waals surface area contributed by atoms with Gasteiger partial charge in [0.15, 0.2) is 0 Å². The summed E-state index contributed by atoms with van der Waals surface area (Å²) in [5, 5.41) is 0. The van der Waals surface area contributed by atoms with Gasteiger partial charge in [-0.2, -0.15) is 0 Å². The molecule has 2 rings (SSSR count). The zero-order valence-corrected chi connectivity index (χ0v) is 13.3. The molecule has 0 saturated carbocycles. The number of hydrogen-bond donors (Lipinski definition) is 0. The lowest BCUT2D eigenvalue weighted by Crippen LogP contribution is -2.03. The third-order valence-electron chi connectivity index (χ3n) is 3.98. The van der Waals surface area contributed by atoms with Crippen molar-refractivity contribution in [1.82, 2.24) is 0 Å². The van der Waals surface area contributed by atoms with E-state index in [1.165, 1.54) is 29.5 Å². The number of benzene rings is 1. The maximum absolute atomic E-state index is 2.34. The molecule has 0 spiro atoms. The van der Waals surface area contributed by atoms with E-state index in [0.29, 0.717) is 0 Å². The topological polar surface area (TPSA) is 0 Å². The van der Waals surface area contributed by atoms with Gasteiger partial charge in [-0.05, 0) is 68.2 Å². The Labute approximate surface area is 129 Å². The van der Waals surface area contributed by atoms with Crippen LogP contribution >= 0.6 is 0 Å². The highest BCUT2D eigenvalue weighted by atomic mass is 14.2. The van der Waals surface area contributed by atoms with Crippen molar-refractivity contribution in [1.29, 1.82) is 0 Å². The Balaban J connectivity index is 2.28. The first-order valence-corrected chi connectivity index (χ1v) is 8.06. The summed E-state index contributed by atoms with van der Waals surface area (Å²) >= 11 is 0. The van der Waals surface area contributed by atoms with Crippen LogP contribution in [0, 0.1) is 0 Å².